The minimum Gasteiger partial charge on any atom is -0.272 e. The third-order valence-electron chi connectivity index (χ3n) is 2.64. The summed E-state index contributed by atoms with van der Waals surface area (Å²) >= 11 is 0. The van der Waals surface area contributed by atoms with Gasteiger partial charge < -0.3 is 0 Å². The lowest BCUT2D eigenvalue weighted by molar-refractivity contribution is 0.948. The average Bonchev–Trinajstić information content (AvgIpc) is 2.80. The molecule has 2 rings (SSSR count). The van der Waals surface area contributed by atoms with Crippen molar-refractivity contribution in [3.63, 3.8) is 0 Å². The van der Waals surface area contributed by atoms with Gasteiger partial charge in [-0.1, -0.05) is 0 Å². The van der Waals surface area contributed by atoms with Crippen LogP contribution in [0.3, 0.4) is 0 Å². The van der Waals surface area contributed by atoms with Crippen LogP contribution in [0.5, 0.6) is 0 Å². The predicted octanol–water partition coefficient (Wildman–Crippen LogP) is 1.50. The second-order valence-electron chi connectivity index (χ2n) is 3.93. The molecule has 0 saturated heterocycles. The van der Waals surface area contributed by atoms with E-state index in [-0.39, 0.29) is 11.4 Å². The standard InChI is InChI=1S/C13H8N6/c1-8-3-9(2)18-13(10(8)4-14)19-7-17-11(5-15)12(19)6-16/h3,7H,1-2H3. The normalized spacial score (nSPS) is 9.42. The molecule has 6 nitrogen and oxygen atoms in total. The van der Waals surface area contributed by atoms with Gasteiger partial charge >= 0.3 is 0 Å². The maximum Gasteiger partial charge on any atom is 0.177 e. The molecule has 90 valence electrons. The van der Waals surface area contributed by atoms with E-state index < -0.39 is 0 Å². The first-order valence-corrected chi connectivity index (χ1v) is 5.38. The van der Waals surface area contributed by atoms with Gasteiger partial charge in [-0.15, -0.1) is 0 Å². The zero-order chi connectivity index (χ0) is 14.0. The number of hydrogen-bond donors (Lipinski definition) is 0. The SMILES string of the molecule is Cc1cc(C)c(C#N)c(-n2cnc(C#N)c2C#N)n1. The minimum atomic E-state index is 0.0207. The second kappa shape index (κ2) is 4.60. The van der Waals surface area contributed by atoms with Gasteiger partial charge in [0.25, 0.3) is 0 Å². The van der Waals surface area contributed by atoms with Crippen molar-refractivity contribution < 1.29 is 0 Å². The summed E-state index contributed by atoms with van der Waals surface area (Å²) in [5.41, 5.74) is 1.96. The molecule has 0 spiro atoms. The van der Waals surface area contributed by atoms with Crippen LogP contribution < -0.4 is 0 Å². The average molecular weight is 248 g/mol. The van der Waals surface area contributed by atoms with Gasteiger partial charge in [0.15, 0.2) is 17.2 Å². The fourth-order valence-corrected chi connectivity index (χ4v) is 1.83. The van der Waals surface area contributed by atoms with E-state index in [2.05, 4.69) is 16.0 Å². The molecule has 0 aliphatic carbocycles. The molecule has 0 saturated carbocycles. The first-order valence-electron chi connectivity index (χ1n) is 5.38. The molecule has 2 aromatic rings. The second-order valence-corrected chi connectivity index (χ2v) is 3.93. The Morgan fingerprint density at radius 3 is 2.42 bits per heavy atom. The van der Waals surface area contributed by atoms with Gasteiger partial charge in [-0.2, -0.15) is 15.8 Å². The fraction of sp³-hybridized carbons (Fsp3) is 0.154. The molecule has 0 amide bonds. The Bertz CT molecular complexity index is 779. The third kappa shape index (κ3) is 1.90. The Morgan fingerprint density at radius 1 is 1.11 bits per heavy atom. The van der Waals surface area contributed by atoms with Crippen LogP contribution in [0.15, 0.2) is 12.4 Å². The number of aromatic nitrogens is 3. The van der Waals surface area contributed by atoms with E-state index in [9.17, 15) is 5.26 Å². The largest absolute Gasteiger partial charge is 0.272 e. The molecule has 0 aliphatic heterocycles. The van der Waals surface area contributed by atoms with Crippen molar-refractivity contribution in [2.75, 3.05) is 0 Å². The molecule has 0 radical (unpaired) electrons. The van der Waals surface area contributed by atoms with Crippen molar-refractivity contribution in [3.05, 3.63) is 40.6 Å². The van der Waals surface area contributed by atoms with Crippen molar-refractivity contribution in [2.45, 2.75) is 13.8 Å². The molecule has 2 aromatic heterocycles. The van der Waals surface area contributed by atoms with Gasteiger partial charge in [-0.3, -0.25) is 4.57 Å². The van der Waals surface area contributed by atoms with E-state index in [0.717, 1.165) is 11.3 Å². The predicted molar refractivity (Wildman–Crippen MR) is 65.0 cm³/mol. The highest BCUT2D eigenvalue weighted by Crippen LogP contribution is 2.19. The minimum absolute atomic E-state index is 0.0207. The summed E-state index contributed by atoms with van der Waals surface area (Å²) in [6.45, 7) is 3.59. The quantitative estimate of drug-likeness (QED) is 0.760. The van der Waals surface area contributed by atoms with Crippen molar-refractivity contribution in [3.8, 4) is 24.0 Å². The number of imidazole rings is 1. The zero-order valence-corrected chi connectivity index (χ0v) is 10.3. The molecule has 6 heteroatoms. The Balaban J connectivity index is 2.82. The van der Waals surface area contributed by atoms with Crippen molar-refractivity contribution in [1.82, 2.24) is 14.5 Å². The lowest BCUT2D eigenvalue weighted by atomic mass is 10.1. The Morgan fingerprint density at radius 2 is 1.84 bits per heavy atom. The summed E-state index contributed by atoms with van der Waals surface area (Å²) in [5, 5.41) is 27.2. The van der Waals surface area contributed by atoms with E-state index in [4.69, 9.17) is 10.5 Å². The molecule has 0 aliphatic rings. The molecule has 0 fully saturated rings. The molecule has 0 aromatic carbocycles. The topological polar surface area (TPSA) is 102 Å². The number of pyridine rings is 1. The molecule has 0 atom stereocenters. The summed E-state index contributed by atoms with van der Waals surface area (Å²) in [5.74, 6) is 0.325. The van der Waals surface area contributed by atoms with Crippen LogP contribution in [-0.2, 0) is 0 Å². The van der Waals surface area contributed by atoms with Gasteiger partial charge in [0.05, 0.1) is 5.56 Å². The maximum atomic E-state index is 9.21. The smallest absolute Gasteiger partial charge is 0.177 e. The fourth-order valence-electron chi connectivity index (χ4n) is 1.83. The van der Waals surface area contributed by atoms with E-state index >= 15 is 0 Å². The first-order chi connectivity index (χ1) is 9.12. The molecule has 0 N–H and O–H groups in total. The zero-order valence-electron chi connectivity index (χ0n) is 10.3. The first kappa shape index (κ1) is 12.3. The number of hydrogen-bond acceptors (Lipinski definition) is 5. The summed E-state index contributed by atoms with van der Waals surface area (Å²) in [4.78, 5) is 8.12. The van der Waals surface area contributed by atoms with E-state index in [0.29, 0.717) is 11.4 Å². The molecular formula is C13H8N6. The van der Waals surface area contributed by atoms with Gasteiger partial charge in [-0.25, -0.2) is 9.97 Å². The van der Waals surface area contributed by atoms with Crippen LogP contribution in [0.25, 0.3) is 5.82 Å². The third-order valence-corrected chi connectivity index (χ3v) is 2.64. The Labute approximate surface area is 109 Å². The van der Waals surface area contributed by atoms with Crippen LogP contribution in [0, 0.1) is 47.8 Å². The summed E-state index contributed by atoms with van der Waals surface area (Å²) in [7, 11) is 0. The lowest BCUT2D eigenvalue weighted by Gasteiger charge is -2.08. The highest BCUT2D eigenvalue weighted by atomic mass is 15.1. The van der Waals surface area contributed by atoms with Gasteiger partial charge in [0.1, 0.15) is 24.5 Å². The van der Waals surface area contributed by atoms with Gasteiger partial charge in [0.2, 0.25) is 0 Å². The Hall–Kier alpha value is -3.17. The highest BCUT2D eigenvalue weighted by molar-refractivity contribution is 5.52. The van der Waals surface area contributed by atoms with Crippen LogP contribution in [0.4, 0.5) is 0 Å². The lowest BCUT2D eigenvalue weighted by Crippen LogP contribution is -2.05. The summed E-state index contributed by atoms with van der Waals surface area (Å²) < 4.78 is 1.37. The maximum absolute atomic E-state index is 9.21. The van der Waals surface area contributed by atoms with E-state index in [1.165, 1.54) is 10.9 Å². The monoisotopic (exact) mass is 248 g/mol. The van der Waals surface area contributed by atoms with Crippen molar-refractivity contribution >= 4 is 0 Å². The molecule has 19 heavy (non-hydrogen) atoms. The van der Waals surface area contributed by atoms with Gasteiger partial charge in [0, 0.05) is 5.69 Å². The Kier molecular flexibility index (Phi) is 2.98. The van der Waals surface area contributed by atoms with Crippen molar-refractivity contribution in [1.29, 1.82) is 15.8 Å². The van der Waals surface area contributed by atoms with E-state index in [1.54, 1.807) is 19.9 Å². The van der Waals surface area contributed by atoms with Gasteiger partial charge in [-0.05, 0) is 25.5 Å². The van der Waals surface area contributed by atoms with E-state index in [1.807, 2.05) is 12.1 Å². The molecule has 0 unspecified atom stereocenters. The molecular weight excluding hydrogens is 240 g/mol. The number of nitriles is 3. The van der Waals surface area contributed by atoms with Crippen LogP contribution >= 0.6 is 0 Å². The molecule has 2 heterocycles. The number of nitrogens with zero attached hydrogens (tertiary/aromatic N) is 6. The highest BCUT2D eigenvalue weighted by Gasteiger charge is 2.17. The molecule has 0 bridgehead atoms. The summed E-state index contributed by atoms with van der Waals surface area (Å²) in [6.07, 6.45) is 1.33. The number of aryl methyl sites for hydroxylation is 2. The number of rotatable bonds is 1. The summed E-state index contributed by atoms with van der Waals surface area (Å²) in [6, 6.07) is 7.60. The van der Waals surface area contributed by atoms with Crippen molar-refractivity contribution in [2.24, 2.45) is 0 Å². The van der Waals surface area contributed by atoms with Crippen LogP contribution in [0.1, 0.15) is 28.2 Å². The van der Waals surface area contributed by atoms with Crippen LogP contribution in [-0.4, -0.2) is 14.5 Å². The van der Waals surface area contributed by atoms with Crippen LogP contribution in [0.2, 0.25) is 0 Å².